The van der Waals surface area contributed by atoms with E-state index in [-0.39, 0.29) is 17.6 Å². The van der Waals surface area contributed by atoms with E-state index in [1.165, 1.54) is 6.07 Å². The Labute approximate surface area is 127 Å². The van der Waals surface area contributed by atoms with Gasteiger partial charge in [0.25, 0.3) is 5.69 Å². The van der Waals surface area contributed by atoms with Gasteiger partial charge in [0, 0.05) is 18.7 Å². The predicted molar refractivity (Wildman–Crippen MR) is 78.3 cm³/mol. The van der Waals surface area contributed by atoms with E-state index >= 15 is 0 Å². The second kappa shape index (κ2) is 6.87. The maximum absolute atomic E-state index is 11.0. The Morgan fingerprint density at radius 1 is 1.38 bits per heavy atom. The summed E-state index contributed by atoms with van der Waals surface area (Å²) in [5.41, 5.74) is 0.485. The minimum atomic E-state index is -0.741. The normalized spacial score (nSPS) is 22.0. The van der Waals surface area contributed by atoms with Crippen LogP contribution in [0.5, 0.6) is 0 Å². The summed E-state index contributed by atoms with van der Waals surface area (Å²) in [6.45, 7) is 0.318. The van der Waals surface area contributed by atoms with Crippen molar-refractivity contribution in [2.24, 2.45) is 5.92 Å². The number of nitro groups is 1. The number of aliphatic carboxylic acids is 1. The minimum absolute atomic E-state index is 0.00854. The molecule has 0 unspecified atom stereocenters. The Morgan fingerprint density at radius 2 is 2.05 bits per heavy atom. The van der Waals surface area contributed by atoms with Crippen molar-refractivity contribution in [3.05, 3.63) is 38.9 Å². The van der Waals surface area contributed by atoms with Gasteiger partial charge < -0.3 is 10.4 Å². The number of hydrogen-bond donors (Lipinski definition) is 2. The fourth-order valence-corrected chi connectivity index (χ4v) is 2.92. The van der Waals surface area contributed by atoms with Crippen LogP contribution in [0.15, 0.2) is 18.2 Å². The first-order valence-electron chi connectivity index (χ1n) is 6.87. The Morgan fingerprint density at radius 3 is 2.62 bits per heavy atom. The van der Waals surface area contributed by atoms with Crippen LogP contribution in [0.3, 0.4) is 0 Å². The van der Waals surface area contributed by atoms with Crippen molar-refractivity contribution in [3.8, 4) is 0 Å². The van der Waals surface area contributed by atoms with Gasteiger partial charge >= 0.3 is 5.97 Å². The molecule has 0 saturated heterocycles. The first-order valence-corrected chi connectivity index (χ1v) is 7.24. The van der Waals surface area contributed by atoms with Crippen LogP contribution in [0.4, 0.5) is 5.69 Å². The van der Waals surface area contributed by atoms with Crippen LogP contribution in [0.2, 0.25) is 5.02 Å². The van der Waals surface area contributed by atoms with Crippen molar-refractivity contribution in [1.82, 2.24) is 5.32 Å². The highest BCUT2D eigenvalue weighted by molar-refractivity contribution is 6.31. The average Bonchev–Trinajstić information content (AvgIpc) is 2.46. The molecule has 1 aliphatic carbocycles. The molecule has 1 aromatic carbocycles. The third kappa shape index (κ3) is 3.92. The van der Waals surface area contributed by atoms with Crippen molar-refractivity contribution in [3.63, 3.8) is 0 Å². The van der Waals surface area contributed by atoms with Crippen LogP contribution in [0, 0.1) is 16.0 Å². The topological polar surface area (TPSA) is 92.5 Å². The van der Waals surface area contributed by atoms with Gasteiger partial charge in [-0.15, -0.1) is 0 Å². The van der Waals surface area contributed by atoms with Gasteiger partial charge in [-0.05, 0) is 31.7 Å². The van der Waals surface area contributed by atoms with Crippen molar-refractivity contribution < 1.29 is 14.8 Å². The zero-order chi connectivity index (χ0) is 15.4. The summed E-state index contributed by atoms with van der Waals surface area (Å²) in [5.74, 6) is -1.01. The molecule has 0 radical (unpaired) electrons. The molecule has 0 atom stereocenters. The van der Waals surface area contributed by atoms with Crippen molar-refractivity contribution >= 4 is 23.3 Å². The zero-order valence-electron chi connectivity index (χ0n) is 11.4. The molecule has 0 aromatic heterocycles. The molecule has 6 nitrogen and oxygen atoms in total. The summed E-state index contributed by atoms with van der Waals surface area (Å²) in [6.07, 6.45) is 2.79. The molecule has 2 N–H and O–H groups in total. The van der Waals surface area contributed by atoms with Gasteiger partial charge in [0.15, 0.2) is 0 Å². The lowest BCUT2D eigenvalue weighted by Crippen LogP contribution is -2.34. The lowest BCUT2D eigenvalue weighted by Gasteiger charge is -2.27. The summed E-state index contributed by atoms with van der Waals surface area (Å²) >= 11 is 6.03. The Balaban J connectivity index is 1.95. The van der Waals surface area contributed by atoms with E-state index in [1.54, 1.807) is 12.1 Å². The highest BCUT2D eigenvalue weighted by Gasteiger charge is 2.26. The molecular weight excluding hydrogens is 296 g/mol. The third-order valence-corrected chi connectivity index (χ3v) is 4.29. The Hall–Kier alpha value is -1.66. The molecule has 21 heavy (non-hydrogen) atoms. The van der Waals surface area contributed by atoms with E-state index in [9.17, 15) is 14.9 Å². The molecule has 0 spiro atoms. The van der Waals surface area contributed by atoms with Gasteiger partial charge in [-0.25, -0.2) is 0 Å². The first kappa shape index (κ1) is 15.7. The second-order valence-corrected chi connectivity index (χ2v) is 5.67. The molecule has 7 heteroatoms. The van der Waals surface area contributed by atoms with Crippen LogP contribution in [0.1, 0.15) is 31.2 Å². The number of carboxylic acid groups (broad SMARTS) is 1. The fraction of sp³-hybridized carbons (Fsp3) is 0.500. The molecule has 114 valence electrons. The van der Waals surface area contributed by atoms with E-state index < -0.39 is 10.9 Å². The number of nitro benzene ring substituents is 1. The maximum Gasteiger partial charge on any atom is 0.306 e. The van der Waals surface area contributed by atoms with Gasteiger partial charge in [0.05, 0.1) is 21.4 Å². The number of halogens is 1. The molecule has 0 amide bonds. The van der Waals surface area contributed by atoms with Gasteiger partial charge in [-0.2, -0.15) is 0 Å². The molecule has 0 bridgehead atoms. The van der Waals surface area contributed by atoms with E-state index in [0.717, 1.165) is 12.8 Å². The summed E-state index contributed by atoms with van der Waals surface area (Å²) in [5, 5.41) is 23.6. The molecule has 2 rings (SSSR count). The van der Waals surface area contributed by atoms with Gasteiger partial charge in [-0.3, -0.25) is 14.9 Å². The summed E-state index contributed by atoms with van der Waals surface area (Å²) in [4.78, 5) is 21.4. The summed E-state index contributed by atoms with van der Waals surface area (Å²) in [6, 6.07) is 4.80. The van der Waals surface area contributed by atoms with Crippen molar-refractivity contribution in [2.45, 2.75) is 38.3 Å². The standard InChI is InChI=1S/C14H17ClN2O4/c15-12-2-1-3-13(17(20)21)11(12)8-16-10-6-4-9(5-7-10)14(18)19/h1-3,9-10,16H,4-8H2,(H,18,19). The van der Waals surface area contributed by atoms with Gasteiger partial charge in [0.2, 0.25) is 0 Å². The van der Waals surface area contributed by atoms with E-state index in [0.29, 0.717) is 30.0 Å². The van der Waals surface area contributed by atoms with E-state index in [1.807, 2.05) is 0 Å². The van der Waals surface area contributed by atoms with Crippen LogP contribution in [0.25, 0.3) is 0 Å². The molecule has 1 aliphatic rings. The van der Waals surface area contributed by atoms with Crippen LogP contribution >= 0.6 is 11.6 Å². The van der Waals surface area contributed by atoms with Gasteiger partial charge in [-0.1, -0.05) is 17.7 Å². The molecule has 0 aliphatic heterocycles. The van der Waals surface area contributed by atoms with E-state index in [2.05, 4.69) is 5.32 Å². The Kier molecular flexibility index (Phi) is 5.14. The van der Waals surface area contributed by atoms with Crippen LogP contribution < -0.4 is 5.32 Å². The molecule has 0 heterocycles. The Bertz CT molecular complexity index is 542. The first-order chi connectivity index (χ1) is 9.99. The quantitative estimate of drug-likeness (QED) is 0.644. The fourth-order valence-electron chi connectivity index (χ4n) is 2.68. The third-order valence-electron chi connectivity index (χ3n) is 3.93. The highest BCUT2D eigenvalue weighted by atomic mass is 35.5. The smallest absolute Gasteiger partial charge is 0.306 e. The number of carboxylic acids is 1. The monoisotopic (exact) mass is 312 g/mol. The summed E-state index contributed by atoms with van der Waals surface area (Å²) < 4.78 is 0. The second-order valence-electron chi connectivity index (χ2n) is 5.26. The van der Waals surface area contributed by atoms with Gasteiger partial charge in [0.1, 0.15) is 0 Å². The number of nitrogens with one attached hydrogen (secondary N) is 1. The largest absolute Gasteiger partial charge is 0.481 e. The number of nitrogens with zero attached hydrogens (tertiary/aromatic N) is 1. The SMILES string of the molecule is O=C(O)C1CCC(NCc2c(Cl)cccc2[N+](=O)[O-])CC1. The molecular formula is C14H17ClN2O4. The zero-order valence-corrected chi connectivity index (χ0v) is 12.2. The number of rotatable bonds is 5. The lowest BCUT2D eigenvalue weighted by atomic mass is 9.86. The lowest BCUT2D eigenvalue weighted by molar-refractivity contribution is -0.385. The van der Waals surface area contributed by atoms with Crippen LogP contribution in [-0.2, 0) is 11.3 Å². The van der Waals surface area contributed by atoms with Crippen molar-refractivity contribution in [1.29, 1.82) is 0 Å². The van der Waals surface area contributed by atoms with E-state index in [4.69, 9.17) is 16.7 Å². The average molecular weight is 313 g/mol. The maximum atomic E-state index is 11.0. The minimum Gasteiger partial charge on any atom is -0.481 e. The predicted octanol–water partition coefficient (Wildman–Crippen LogP) is 2.98. The number of carbonyl (C=O) groups is 1. The summed E-state index contributed by atoms with van der Waals surface area (Å²) in [7, 11) is 0. The van der Waals surface area contributed by atoms with Crippen molar-refractivity contribution in [2.75, 3.05) is 0 Å². The number of hydrogen-bond acceptors (Lipinski definition) is 4. The molecule has 1 saturated carbocycles. The van der Waals surface area contributed by atoms with Crippen LogP contribution in [-0.4, -0.2) is 22.0 Å². The molecule has 1 fully saturated rings. The highest BCUT2D eigenvalue weighted by Crippen LogP contribution is 2.28. The molecule has 1 aromatic rings. The number of benzene rings is 1.